The van der Waals surface area contributed by atoms with Gasteiger partial charge in [0, 0.05) is 13.0 Å². The summed E-state index contributed by atoms with van der Waals surface area (Å²) >= 11 is 5.38. The van der Waals surface area contributed by atoms with E-state index < -0.39 is 43.0 Å². The smallest absolute Gasteiger partial charge is 0.342 e. The monoisotopic (exact) mass is 343 g/mol. The molecule has 1 fully saturated rings. The van der Waals surface area contributed by atoms with E-state index in [1.165, 1.54) is 7.11 Å². The molecule has 1 heterocycles. The van der Waals surface area contributed by atoms with Gasteiger partial charge in [-0.2, -0.15) is 5.01 Å². The average Bonchev–Trinajstić information content (AvgIpc) is 2.50. The minimum atomic E-state index is -1.80. The van der Waals surface area contributed by atoms with E-state index in [2.05, 4.69) is 5.29 Å². The summed E-state index contributed by atoms with van der Waals surface area (Å²) in [6.45, 7) is -0.195. The molecule has 2 amide bonds. The van der Waals surface area contributed by atoms with Crippen LogP contribution in [0, 0.1) is 4.91 Å². The maximum Gasteiger partial charge on any atom is 0.342 e. The van der Waals surface area contributed by atoms with Gasteiger partial charge >= 0.3 is 6.03 Å². The Morgan fingerprint density at radius 2 is 2.05 bits per heavy atom. The number of amides is 2. The Bertz CT molecular complexity index is 387. The maximum atomic E-state index is 11.6. The molecule has 1 unspecified atom stereocenters. The summed E-state index contributed by atoms with van der Waals surface area (Å²) in [5.41, 5.74) is 0. The van der Waals surface area contributed by atoms with Crippen LogP contribution >= 0.6 is 11.6 Å². The van der Waals surface area contributed by atoms with Gasteiger partial charge in [-0.25, -0.2) is 4.79 Å². The van der Waals surface area contributed by atoms with Gasteiger partial charge in [-0.05, 0) is 0 Å². The summed E-state index contributed by atoms with van der Waals surface area (Å²) in [6.07, 6.45) is -9.54. The quantitative estimate of drug-likeness (QED) is 0.155. The fourth-order valence-electron chi connectivity index (χ4n) is 1.87. The van der Waals surface area contributed by atoms with Crippen molar-refractivity contribution in [1.82, 2.24) is 10.3 Å². The highest BCUT2D eigenvalue weighted by atomic mass is 35.5. The fourth-order valence-corrected chi connectivity index (χ4v) is 2.03. The van der Waals surface area contributed by atoms with Crippen LogP contribution in [0.2, 0.25) is 0 Å². The van der Waals surface area contributed by atoms with Gasteiger partial charge in [0.1, 0.15) is 24.4 Å². The molecule has 0 aromatic rings. The maximum absolute atomic E-state index is 11.6. The number of carbonyl (C=O) groups excluding carboxylic acids is 1. The van der Waals surface area contributed by atoms with Crippen LogP contribution in [0.3, 0.4) is 0 Å². The molecule has 6 atom stereocenters. The molecule has 0 saturated carbocycles. The number of urea groups is 1. The van der Waals surface area contributed by atoms with E-state index in [0.717, 1.165) is 0 Å². The second-order valence-electron chi connectivity index (χ2n) is 4.46. The van der Waals surface area contributed by atoms with Crippen molar-refractivity contribution in [2.75, 3.05) is 19.5 Å². The number of ether oxygens (including phenoxy) is 2. The first-order chi connectivity index (χ1) is 10.4. The van der Waals surface area contributed by atoms with Crippen molar-refractivity contribution < 1.29 is 34.7 Å². The molecule has 1 aliphatic rings. The first-order valence-corrected chi connectivity index (χ1v) is 6.78. The largest absolute Gasteiger partial charge is 0.387 e. The predicted octanol–water partition coefficient (Wildman–Crippen LogP) is -2.31. The van der Waals surface area contributed by atoms with Gasteiger partial charge in [0.25, 0.3) is 0 Å². The molecular weight excluding hydrogens is 326 g/mol. The highest BCUT2D eigenvalue weighted by Gasteiger charge is 2.47. The van der Waals surface area contributed by atoms with Crippen molar-refractivity contribution in [3.63, 3.8) is 0 Å². The number of carbonyl (C=O) groups is 1. The molecule has 0 bridgehead atoms. The van der Waals surface area contributed by atoms with E-state index in [1.807, 2.05) is 5.32 Å². The first kappa shape index (κ1) is 19.0. The Kier molecular flexibility index (Phi) is 7.35. The van der Waals surface area contributed by atoms with Crippen LogP contribution in [-0.2, 0) is 9.47 Å². The number of hydrogen-bond acceptors (Lipinski definition) is 9. The fraction of sp³-hybridized carbons (Fsp3) is 0.900. The Morgan fingerprint density at radius 3 is 2.55 bits per heavy atom. The van der Waals surface area contributed by atoms with Crippen LogP contribution in [0.15, 0.2) is 5.29 Å². The zero-order valence-electron chi connectivity index (χ0n) is 11.6. The average molecular weight is 344 g/mol. The number of alkyl halides is 1. The summed E-state index contributed by atoms with van der Waals surface area (Å²) in [7, 11) is 1.18. The minimum Gasteiger partial charge on any atom is -0.387 e. The van der Waals surface area contributed by atoms with Gasteiger partial charge in [0.2, 0.25) is 0 Å². The number of aliphatic hydroxyl groups is 4. The number of halogens is 1. The molecule has 1 aliphatic heterocycles. The molecule has 5 N–H and O–H groups in total. The molecule has 12 heteroatoms. The van der Waals surface area contributed by atoms with Gasteiger partial charge in [0.15, 0.2) is 12.5 Å². The van der Waals surface area contributed by atoms with E-state index in [9.17, 15) is 30.1 Å². The van der Waals surface area contributed by atoms with Crippen molar-refractivity contribution in [1.29, 1.82) is 0 Å². The van der Waals surface area contributed by atoms with Crippen molar-refractivity contribution in [3.8, 4) is 0 Å². The van der Waals surface area contributed by atoms with Gasteiger partial charge in [0.05, 0.1) is 11.8 Å². The second kappa shape index (κ2) is 8.53. The van der Waals surface area contributed by atoms with Gasteiger partial charge in [-0.3, -0.25) is 0 Å². The summed E-state index contributed by atoms with van der Waals surface area (Å²) in [4.78, 5) is 22.1. The standard InChI is InChI=1S/C10H18ClN3O8/c1-21-9-6(17)4(15)5(16)7(22-9)8(18)12-10(19)14(13-20)3-2-11/h4-9,15-18H,2-3H2,1H3,(H,12,19)/t4-,5-,6+,7-,8?,9+/m0/s1. The van der Waals surface area contributed by atoms with Gasteiger partial charge in [-0.15, -0.1) is 16.5 Å². The van der Waals surface area contributed by atoms with Gasteiger partial charge < -0.3 is 35.2 Å². The van der Waals surface area contributed by atoms with E-state index >= 15 is 0 Å². The lowest BCUT2D eigenvalue weighted by atomic mass is 9.98. The number of hydrogen-bond donors (Lipinski definition) is 5. The topological polar surface area (TPSA) is 161 Å². The van der Waals surface area contributed by atoms with Gasteiger partial charge in [-0.1, -0.05) is 0 Å². The van der Waals surface area contributed by atoms with E-state index in [4.69, 9.17) is 21.1 Å². The Labute approximate surface area is 130 Å². The summed E-state index contributed by atoms with van der Waals surface area (Å²) in [5, 5.41) is 43.7. The molecule has 128 valence electrons. The SMILES string of the molecule is CO[C@@H]1O[C@H](C(O)NC(=O)N(CCCl)N=O)[C@@H](O)[C@H](O)[C@H]1O. The lowest BCUT2D eigenvalue weighted by molar-refractivity contribution is -0.305. The highest BCUT2D eigenvalue weighted by Crippen LogP contribution is 2.23. The summed E-state index contributed by atoms with van der Waals surface area (Å²) in [6, 6.07) is -1.08. The van der Waals surface area contributed by atoms with E-state index in [1.54, 1.807) is 0 Å². The molecule has 0 spiro atoms. The van der Waals surface area contributed by atoms with E-state index in [-0.39, 0.29) is 12.4 Å². The van der Waals surface area contributed by atoms with Crippen LogP contribution in [0.1, 0.15) is 0 Å². The van der Waals surface area contributed by atoms with Crippen LogP contribution in [0.4, 0.5) is 4.79 Å². The van der Waals surface area contributed by atoms with Crippen LogP contribution in [0.5, 0.6) is 0 Å². The second-order valence-corrected chi connectivity index (χ2v) is 4.84. The molecule has 1 rings (SSSR count). The number of methoxy groups -OCH3 is 1. The number of aliphatic hydroxyl groups excluding tert-OH is 4. The van der Waals surface area contributed by atoms with Crippen molar-refractivity contribution in [2.24, 2.45) is 5.29 Å². The van der Waals surface area contributed by atoms with Crippen LogP contribution in [0.25, 0.3) is 0 Å². The van der Waals surface area contributed by atoms with Crippen molar-refractivity contribution >= 4 is 17.6 Å². The number of nitroso groups, excluding NO2 is 1. The number of nitrogens with one attached hydrogen (secondary N) is 1. The number of rotatable bonds is 6. The minimum absolute atomic E-state index is 0.0610. The lowest BCUT2D eigenvalue weighted by Crippen LogP contribution is -2.64. The third kappa shape index (κ3) is 4.23. The van der Waals surface area contributed by atoms with E-state index in [0.29, 0.717) is 5.01 Å². The van der Waals surface area contributed by atoms with Crippen molar-refractivity contribution in [3.05, 3.63) is 4.91 Å². The van der Waals surface area contributed by atoms with Crippen LogP contribution in [-0.4, -0.2) is 87.9 Å². The Hall–Kier alpha value is -1.08. The summed E-state index contributed by atoms with van der Waals surface area (Å²) in [5.74, 6) is -0.0610. The normalized spacial score (nSPS) is 33.1. The Morgan fingerprint density at radius 1 is 1.41 bits per heavy atom. The zero-order chi connectivity index (χ0) is 16.9. The summed E-state index contributed by atoms with van der Waals surface area (Å²) < 4.78 is 9.82. The molecule has 0 aromatic carbocycles. The third-order valence-electron chi connectivity index (χ3n) is 3.05. The van der Waals surface area contributed by atoms with Crippen molar-refractivity contribution in [2.45, 2.75) is 36.9 Å². The molecule has 0 aliphatic carbocycles. The molecule has 0 radical (unpaired) electrons. The Balaban J connectivity index is 2.72. The number of nitrogens with zero attached hydrogens (tertiary/aromatic N) is 2. The zero-order valence-corrected chi connectivity index (χ0v) is 12.3. The highest BCUT2D eigenvalue weighted by molar-refractivity contribution is 6.18. The molecule has 22 heavy (non-hydrogen) atoms. The van der Waals surface area contributed by atoms with Crippen LogP contribution < -0.4 is 5.32 Å². The molecular formula is C10H18ClN3O8. The molecule has 1 saturated heterocycles. The lowest BCUT2D eigenvalue weighted by Gasteiger charge is -2.41. The molecule has 0 aromatic heterocycles. The first-order valence-electron chi connectivity index (χ1n) is 6.25. The third-order valence-corrected chi connectivity index (χ3v) is 3.22. The predicted molar refractivity (Wildman–Crippen MR) is 71.4 cm³/mol. The molecule has 11 nitrogen and oxygen atoms in total.